The maximum Gasteiger partial charge on any atom is 0.405 e. The van der Waals surface area contributed by atoms with E-state index >= 15 is 0 Å². The molecule has 2 N–H and O–H groups in total. The molecule has 0 spiro atoms. The van der Waals surface area contributed by atoms with Crippen molar-refractivity contribution < 1.29 is 9.53 Å². The highest BCUT2D eigenvalue weighted by molar-refractivity contribution is 9.10. The Morgan fingerprint density at radius 3 is 2.04 bits per heavy atom. The topological polar surface area (TPSA) is 52.3 Å². The van der Waals surface area contributed by atoms with Gasteiger partial charge in [-0.05, 0) is 54.2 Å². The van der Waals surface area contributed by atoms with Crippen molar-refractivity contribution in [2.75, 3.05) is 0 Å². The van der Waals surface area contributed by atoms with E-state index in [1.54, 1.807) is 0 Å². The zero-order valence-electron chi connectivity index (χ0n) is 15.5. The molecule has 1 unspecified atom stereocenters. The summed E-state index contributed by atoms with van der Waals surface area (Å²) in [5, 5.41) is 0. The van der Waals surface area contributed by atoms with Gasteiger partial charge in [0.25, 0.3) is 0 Å². The number of hydrogen-bond acceptors (Lipinski definition) is 2. The van der Waals surface area contributed by atoms with Crippen LogP contribution in [0.1, 0.15) is 71.8 Å². The molecule has 4 heteroatoms. The molecule has 1 amide bonds. The molecule has 1 aromatic carbocycles. The van der Waals surface area contributed by atoms with Crippen LogP contribution in [0.2, 0.25) is 0 Å². The van der Waals surface area contributed by atoms with Gasteiger partial charge in [0.2, 0.25) is 0 Å². The summed E-state index contributed by atoms with van der Waals surface area (Å²) in [7, 11) is 0. The molecule has 1 fully saturated rings. The normalized spacial score (nSPS) is 21.1. The maximum absolute atomic E-state index is 11.7. The minimum absolute atomic E-state index is 0.0508. The van der Waals surface area contributed by atoms with Gasteiger partial charge in [-0.25, -0.2) is 4.79 Å². The van der Waals surface area contributed by atoms with Crippen LogP contribution in [0.15, 0.2) is 28.7 Å². The first kappa shape index (κ1) is 19.3. The van der Waals surface area contributed by atoms with E-state index in [4.69, 9.17) is 10.5 Å². The van der Waals surface area contributed by atoms with E-state index < -0.39 is 11.7 Å². The third-order valence-electron chi connectivity index (χ3n) is 5.35. The second-order valence-corrected chi connectivity index (χ2v) is 9.92. The van der Waals surface area contributed by atoms with Gasteiger partial charge in [0.1, 0.15) is 5.60 Å². The Bertz CT molecular complexity index is 577. The number of nitrogens with two attached hydrogens (primary N) is 1. The molecule has 1 saturated carbocycles. The molecular formula is C20H30BrNO2. The van der Waals surface area contributed by atoms with Gasteiger partial charge >= 0.3 is 6.09 Å². The van der Waals surface area contributed by atoms with Crippen LogP contribution in [-0.2, 0) is 4.74 Å². The smallest absolute Gasteiger partial charge is 0.405 e. The number of primary amides is 1. The van der Waals surface area contributed by atoms with Gasteiger partial charge < -0.3 is 10.5 Å². The summed E-state index contributed by atoms with van der Waals surface area (Å²) in [4.78, 5) is 11.7. The fourth-order valence-electron chi connectivity index (χ4n) is 4.25. The Morgan fingerprint density at radius 2 is 1.62 bits per heavy atom. The molecule has 1 atom stereocenters. The molecule has 1 aliphatic carbocycles. The Kier molecular flexibility index (Phi) is 5.39. The fraction of sp³-hybridized carbons (Fsp3) is 0.650. The molecule has 0 aliphatic heterocycles. The lowest BCUT2D eigenvalue weighted by atomic mass is 9.59. The summed E-state index contributed by atoms with van der Waals surface area (Å²) >= 11 is 3.50. The summed E-state index contributed by atoms with van der Waals surface area (Å²) in [6.45, 7) is 11.2. The van der Waals surface area contributed by atoms with Crippen LogP contribution in [0.4, 0.5) is 4.79 Å². The molecule has 1 aromatic rings. The number of benzene rings is 1. The molecule has 24 heavy (non-hydrogen) atoms. The van der Waals surface area contributed by atoms with Crippen LogP contribution in [-0.4, -0.2) is 11.7 Å². The van der Waals surface area contributed by atoms with Gasteiger partial charge in [0.05, 0.1) is 0 Å². The highest BCUT2D eigenvalue weighted by atomic mass is 79.9. The minimum atomic E-state index is -0.666. The lowest BCUT2D eigenvalue weighted by molar-refractivity contribution is -0.0783. The van der Waals surface area contributed by atoms with Crippen LogP contribution in [0.25, 0.3) is 0 Å². The highest BCUT2D eigenvalue weighted by Crippen LogP contribution is 2.54. The van der Waals surface area contributed by atoms with Crippen molar-refractivity contribution in [2.24, 2.45) is 16.6 Å². The number of hydrogen-bond donors (Lipinski definition) is 1. The monoisotopic (exact) mass is 395 g/mol. The van der Waals surface area contributed by atoms with Gasteiger partial charge in [0.15, 0.2) is 0 Å². The van der Waals surface area contributed by atoms with Crippen LogP contribution in [0, 0.1) is 10.8 Å². The summed E-state index contributed by atoms with van der Waals surface area (Å²) < 4.78 is 6.92. The van der Waals surface area contributed by atoms with Gasteiger partial charge in [-0.15, -0.1) is 0 Å². The second kappa shape index (κ2) is 6.70. The Labute approximate surface area is 154 Å². The van der Waals surface area contributed by atoms with Crippen molar-refractivity contribution in [3.8, 4) is 0 Å². The van der Waals surface area contributed by atoms with E-state index in [1.807, 2.05) is 0 Å². The average Bonchev–Trinajstić information content (AvgIpc) is 2.43. The van der Waals surface area contributed by atoms with E-state index in [9.17, 15) is 4.79 Å². The van der Waals surface area contributed by atoms with Crippen molar-refractivity contribution in [3.05, 3.63) is 34.3 Å². The van der Waals surface area contributed by atoms with Crippen molar-refractivity contribution in [1.82, 2.24) is 0 Å². The number of carbonyl (C=O) groups is 1. The number of ether oxygens (including phenoxy) is 1. The average molecular weight is 396 g/mol. The minimum Gasteiger partial charge on any atom is -0.442 e. The highest BCUT2D eigenvalue weighted by Gasteiger charge is 2.51. The Hall–Kier alpha value is -1.03. The first-order valence-corrected chi connectivity index (χ1v) is 9.48. The quantitative estimate of drug-likeness (QED) is 0.680. The molecule has 0 radical (unpaired) electrons. The third-order valence-corrected chi connectivity index (χ3v) is 5.88. The molecule has 0 heterocycles. The lowest BCUT2D eigenvalue weighted by Gasteiger charge is -2.51. The van der Waals surface area contributed by atoms with Crippen LogP contribution in [0.5, 0.6) is 0 Å². The molecular weight excluding hydrogens is 366 g/mol. The molecule has 0 aromatic heterocycles. The zero-order chi connectivity index (χ0) is 18.2. The van der Waals surface area contributed by atoms with E-state index in [0.717, 1.165) is 30.2 Å². The van der Waals surface area contributed by atoms with E-state index in [1.165, 1.54) is 5.56 Å². The van der Waals surface area contributed by atoms with E-state index in [2.05, 4.69) is 74.8 Å². The van der Waals surface area contributed by atoms with Crippen LogP contribution >= 0.6 is 15.9 Å². The number of amides is 1. The fourth-order valence-corrected chi connectivity index (χ4v) is 4.51. The van der Waals surface area contributed by atoms with Gasteiger partial charge in [0, 0.05) is 10.4 Å². The molecule has 1 aliphatic rings. The summed E-state index contributed by atoms with van der Waals surface area (Å²) in [5.41, 5.74) is 6.39. The van der Waals surface area contributed by atoms with E-state index in [-0.39, 0.29) is 16.7 Å². The van der Waals surface area contributed by atoms with Crippen molar-refractivity contribution in [3.63, 3.8) is 0 Å². The number of carbonyl (C=O) groups excluding carboxylic acids is 1. The molecule has 2 rings (SSSR count). The van der Waals surface area contributed by atoms with Crippen molar-refractivity contribution in [1.29, 1.82) is 0 Å². The first-order valence-electron chi connectivity index (χ1n) is 8.69. The standard InChI is InChI=1S/C20H30BrNO2/c1-18(2,3)16(14-6-8-15(21)9-7-14)20(24-17(22)23)12-10-19(4,5)11-13-20/h6-9,16H,10-13H2,1-5H3,(H2,22,23). The molecule has 134 valence electrons. The largest absolute Gasteiger partial charge is 0.442 e. The summed E-state index contributed by atoms with van der Waals surface area (Å²) in [5.74, 6) is 0.0988. The SMILES string of the molecule is CC1(C)CCC(OC(N)=O)(C(c2ccc(Br)cc2)C(C)(C)C)CC1. The Balaban J connectivity index is 2.49. The maximum atomic E-state index is 11.7. The summed E-state index contributed by atoms with van der Waals surface area (Å²) in [6.07, 6.45) is 3.09. The Morgan fingerprint density at radius 1 is 1.12 bits per heavy atom. The van der Waals surface area contributed by atoms with Gasteiger partial charge in [-0.3, -0.25) is 0 Å². The molecule has 0 saturated heterocycles. The van der Waals surface area contributed by atoms with Gasteiger partial charge in [-0.1, -0.05) is 62.7 Å². The first-order chi connectivity index (χ1) is 11.0. The van der Waals surface area contributed by atoms with Crippen LogP contribution in [0.3, 0.4) is 0 Å². The predicted octanol–water partition coefficient (Wildman–Crippen LogP) is 6.01. The van der Waals surface area contributed by atoms with Crippen molar-refractivity contribution in [2.45, 2.75) is 71.8 Å². The lowest BCUT2D eigenvalue weighted by Crippen LogP contribution is -2.50. The predicted molar refractivity (Wildman–Crippen MR) is 102 cm³/mol. The zero-order valence-corrected chi connectivity index (χ0v) is 17.1. The number of halogens is 1. The van der Waals surface area contributed by atoms with E-state index in [0.29, 0.717) is 0 Å². The third kappa shape index (κ3) is 4.33. The van der Waals surface area contributed by atoms with Gasteiger partial charge in [-0.2, -0.15) is 0 Å². The second-order valence-electron chi connectivity index (χ2n) is 9.00. The summed E-state index contributed by atoms with van der Waals surface area (Å²) in [6, 6.07) is 8.37. The van der Waals surface area contributed by atoms with Crippen LogP contribution < -0.4 is 5.73 Å². The molecule has 0 bridgehead atoms. The number of rotatable bonds is 3. The molecule has 3 nitrogen and oxygen atoms in total. The van der Waals surface area contributed by atoms with Crippen molar-refractivity contribution >= 4 is 22.0 Å².